The molecule has 0 aliphatic heterocycles. The molecule has 0 radical (unpaired) electrons. The van der Waals surface area contributed by atoms with E-state index in [1.54, 1.807) is 0 Å². The standard InChI is InChI=1S/C16H25NS2/c1-18-13-7-6-12-17-15-10-4-5-11-16(15)19-14-8-2-3-9-14/h4-5,10-11,14,17H,2-3,6-9,12-13H2,1H3. The van der Waals surface area contributed by atoms with Gasteiger partial charge in [0.15, 0.2) is 0 Å². The Bertz CT molecular complexity index is 362. The Morgan fingerprint density at radius 3 is 2.74 bits per heavy atom. The maximum atomic E-state index is 3.62. The lowest BCUT2D eigenvalue weighted by atomic mass is 10.3. The van der Waals surface area contributed by atoms with Crippen molar-refractivity contribution >= 4 is 29.2 Å². The van der Waals surface area contributed by atoms with Crippen LogP contribution in [0.15, 0.2) is 29.2 Å². The lowest BCUT2D eigenvalue weighted by Gasteiger charge is -2.14. The van der Waals surface area contributed by atoms with Gasteiger partial charge in [-0.25, -0.2) is 0 Å². The minimum absolute atomic E-state index is 0.847. The van der Waals surface area contributed by atoms with Crippen molar-refractivity contribution in [2.24, 2.45) is 0 Å². The zero-order valence-corrected chi connectivity index (χ0v) is 13.5. The predicted molar refractivity (Wildman–Crippen MR) is 90.7 cm³/mol. The summed E-state index contributed by atoms with van der Waals surface area (Å²) in [6.45, 7) is 1.10. The molecule has 1 N–H and O–H groups in total. The molecular formula is C16H25NS2. The molecule has 1 aromatic carbocycles. The topological polar surface area (TPSA) is 12.0 Å². The van der Waals surface area contributed by atoms with Crippen LogP contribution in [0.3, 0.4) is 0 Å². The SMILES string of the molecule is CSCCCCNc1ccccc1SC1CCCC1. The third kappa shape index (κ3) is 5.31. The van der Waals surface area contributed by atoms with E-state index in [0.29, 0.717) is 0 Å². The first-order chi connectivity index (χ1) is 9.40. The van der Waals surface area contributed by atoms with Crippen molar-refractivity contribution in [3.8, 4) is 0 Å². The zero-order valence-electron chi connectivity index (χ0n) is 11.9. The quantitative estimate of drug-likeness (QED) is 0.656. The highest BCUT2D eigenvalue weighted by Gasteiger charge is 2.17. The van der Waals surface area contributed by atoms with Gasteiger partial charge in [-0.2, -0.15) is 11.8 Å². The molecule has 106 valence electrons. The van der Waals surface area contributed by atoms with Gasteiger partial charge in [-0.05, 0) is 49.8 Å². The molecular weight excluding hydrogens is 270 g/mol. The summed E-state index contributed by atoms with van der Waals surface area (Å²) in [5.41, 5.74) is 1.34. The molecule has 0 bridgehead atoms. The third-order valence-electron chi connectivity index (χ3n) is 3.57. The molecule has 0 heterocycles. The van der Waals surface area contributed by atoms with E-state index >= 15 is 0 Å². The van der Waals surface area contributed by atoms with E-state index in [1.807, 2.05) is 11.8 Å². The van der Waals surface area contributed by atoms with Crippen LogP contribution < -0.4 is 5.32 Å². The Morgan fingerprint density at radius 1 is 1.16 bits per heavy atom. The number of para-hydroxylation sites is 1. The van der Waals surface area contributed by atoms with Crippen LogP contribution in [0.2, 0.25) is 0 Å². The van der Waals surface area contributed by atoms with Crippen LogP contribution in [-0.4, -0.2) is 23.8 Å². The number of hydrogen-bond donors (Lipinski definition) is 1. The van der Waals surface area contributed by atoms with Gasteiger partial charge in [-0.15, -0.1) is 11.8 Å². The summed E-state index contributed by atoms with van der Waals surface area (Å²) in [6.07, 6.45) is 10.4. The van der Waals surface area contributed by atoms with Crippen molar-refractivity contribution in [2.75, 3.05) is 23.9 Å². The van der Waals surface area contributed by atoms with E-state index in [2.05, 4.69) is 47.6 Å². The van der Waals surface area contributed by atoms with Crippen LogP contribution >= 0.6 is 23.5 Å². The number of benzene rings is 1. The first kappa shape index (κ1) is 15.1. The molecule has 1 aliphatic carbocycles. The second-order valence-corrected chi connectivity index (χ2v) is 7.47. The summed E-state index contributed by atoms with van der Waals surface area (Å²) in [6, 6.07) is 8.80. The van der Waals surface area contributed by atoms with Crippen LogP contribution in [0.1, 0.15) is 38.5 Å². The summed E-state index contributed by atoms with van der Waals surface area (Å²) >= 11 is 4.02. The van der Waals surface area contributed by atoms with Gasteiger partial charge < -0.3 is 5.32 Å². The van der Waals surface area contributed by atoms with Gasteiger partial charge in [-0.3, -0.25) is 0 Å². The zero-order chi connectivity index (χ0) is 13.3. The minimum Gasteiger partial charge on any atom is -0.384 e. The third-order valence-corrected chi connectivity index (χ3v) is 5.69. The van der Waals surface area contributed by atoms with E-state index in [1.165, 1.54) is 54.9 Å². The van der Waals surface area contributed by atoms with Gasteiger partial charge in [-0.1, -0.05) is 25.0 Å². The lowest BCUT2D eigenvalue weighted by molar-refractivity contribution is 0.841. The molecule has 0 amide bonds. The Hall–Kier alpha value is -0.280. The largest absolute Gasteiger partial charge is 0.384 e. The highest BCUT2D eigenvalue weighted by atomic mass is 32.2. The molecule has 0 spiro atoms. The van der Waals surface area contributed by atoms with Gasteiger partial charge in [0.1, 0.15) is 0 Å². The molecule has 1 saturated carbocycles. The van der Waals surface area contributed by atoms with Crippen LogP contribution in [0, 0.1) is 0 Å². The number of unbranched alkanes of at least 4 members (excludes halogenated alkanes) is 1. The first-order valence-electron chi connectivity index (χ1n) is 7.38. The molecule has 0 atom stereocenters. The molecule has 0 aromatic heterocycles. The van der Waals surface area contributed by atoms with Gasteiger partial charge in [0.05, 0.1) is 0 Å². The Morgan fingerprint density at radius 2 is 1.95 bits per heavy atom. The summed E-state index contributed by atoms with van der Waals surface area (Å²) in [5, 5.41) is 4.46. The second kappa shape index (κ2) is 8.80. The summed E-state index contributed by atoms with van der Waals surface area (Å²) in [7, 11) is 0. The first-order valence-corrected chi connectivity index (χ1v) is 9.66. The van der Waals surface area contributed by atoms with E-state index < -0.39 is 0 Å². The molecule has 1 fully saturated rings. The fraction of sp³-hybridized carbons (Fsp3) is 0.625. The maximum absolute atomic E-state index is 3.62. The van der Waals surface area contributed by atoms with E-state index in [-0.39, 0.29) is 0 Å². The van der Waals surface area contributed by atoms with Crippen molar-refractivity contribution in [3.63, 3.8) is 0 Å². The van der Waals surface area contributed by atoms with Crippen LogP contribution in [0.4, 0.5) is 5.69 Å². The summed E-state index contributed by atoms with van der Waals surface area (Å²) < 4.78 is 0. The molecule has 0 saturated heterocycles. The fourth-order valence-electron chi connectivity index (χ4n) is 2.50. The molecule has 0 unspecified atom stereocenters. The second-order valence-electron chi connectivity index (χ2n) is 5.15. The van der Waals surface area contributed by atoms with Gasteiger partial charge >= 0.3 is 0 Å². The van der Waals surface area contributed by atoms with E-state index in [0.717, 1.165) is 11.8 Å². The summed E-state index contributed by atoms with van der Waals surface area (Å²) in [5.74, 6) is 1.28. The van der Waals surface area contributed by atoms with E-state index in [9.17, 15) is 0 Å². The van der Waals surface area contributed by atoms with Crippen molar-refractivity contribution in [1.82, 2.24) is 0 Å². The van der Waals surface area contributed by atoms with E-state index in [4.69, 9.17) is 0 Å². The molecule has 1 aliphatic rings. The average Bonchev–Trinajstić information content (AvgIpc) is 2.93. The average molecular weight is 296 g/mol. The van der Waals surface area contributed by atoms with Gasteiger partial charge in [0.2, 0.25) is 0 Å². The Labute approximate surface area is 126 Å². The van der Waals surface area contributed by atoms with Crippen LogP contribution in [0.5, 0.6) is 0 Å². The highest BCUT2D eigenvalue weighted by molar-refractivity contribution is 8.00. The number of nitrogens with one attached hydrogen (secondary N) is 1. The smallest absolute Gasteiger partial charge is 0.0478 e. The van der Waals surface area contributed by atoms with Crippen molar-refractivity contribution in [1.29, 1.82) is 0 Å². The monoisotopic (exact) mass is 295 g/mol. The van der Waals surface area contributed by atoms with Crippen molar-refractivity contribution < 1.29 is 0 Å². The summed E-state index contributed by atoms with van der Waals surface area (Å²) in [4.78, 5) is 1.44. The molecule has 2 rings (SSSR count). The molecule has 1 aromatic rings. The fourth-order valence-corrected chi connectivity index (χ4v) is 4.34. The van der Waals surface area contributed by atoms with Crippen molar-refractivity contribution in [3.05, 3.63) is 24.3 Å². The lowest BCUT2D eigenvalue weighted by Crippen LogP contribution is -2.04. The molecule has 3 heteroatoms. The number of thioether (sulfide) groups is 2. The Balaban J connectivity index is 1.81. The minimum atomic E-state index is 0.847. The van der Waals surface area contributed by atoms with Gasteiger partial charge in [0.25, 0.3) is 0 Å². The number of rotatable bonds is 8. The van der Waals surface area contributed by atoms with Gasteiger partial charge in [0, 0.05) is 22.4 Å². The predicted octanol–water partition coefficient (Wildman–Crippen LogP) is 5.28. The van der Waals surface area contributed by atoms with Crippen LogP contribution in [-0.2, 0) is 0 Å². The van der Waals surface area contributed by atoms with Crippen LogP contribution in [0.25, 0.3) is 0 Å². The highest BCUT2D eigenvalue weighted by Crippen LogP contribution is 2.37. The maximum Gasteiger partial charge on any atom is 0.0478 e. The molecule has 19 heavy (non-hydrogen) atoms. The normalized spacial score (nSPS) is 15.8. The Kier molecular flexibility index (Phi) is 7.00. The molecule has 1 nitrogen and oxygen atoms in total. The van der Waals surface area contributed by atoms with Crippen molar-refractivity contribution in [2.45, 2.75) is 48.7 Å². The number of hydrogen-bond acceptors (Lipinski definition) is 3. The number of anilines is 1.